The summed E-state index contributed by atoms with van der Waals surface area (Å²) in [6.45, 7) is 1.92. The Labute approximate surface area is 32.6 Å². The molecule has 0 saturated heterocycles. The Morgan fingerprint density at radius 3 is 2.60 bits per heavy atom. The van der Waals surface area contributed by atoms with Crippen LogP contribution in [0, 0.1) is 0 Å². The fraction of sp³-hybridized carbons (Fsp3) is 0.667. The van der Waals surface area contributed by atoms with E-state index in [1.54, 1.807) is 7.28 Å². The van der Waals surface area contributed by atoms with Gasteiger partial charge in [0.2, 0.25) is 0 Å². The Kier molecular flexibility index (Phi) is 3.54. The van der Waals surface area contributed by atoms with Gasteiger partial charge in [0, 0.05) is 0 Å². The molecule has 0 N–H and O–H groups in total. The predicted octanol–water partition coefficient (Wildman–Crippen LogP) is 0.319. The average molecular weight is 68.9 g/mol. The van der Waals surface area contributed by atoms with Crippen molar-refractivity contribution in [3.05, 3.63) is 0 Å². The van der Waals surface area contributed by atoms with Gasteiger partial charge in [0.1, 0.15) is 0 Å². The highest BCUT2D eigenvalue weighted by molar-refractivity contribution is 6.66. The van der Waals surface area contributed by atoms with Gasteiger partial charge in [0.25, 0.3) is 0 Å². The molecule has 0 aliphatic heterocycles. The summed E-state index contributed by atoms with van der Waals surface area (Å²) >= 11 is 0. The molecule has 0 atom stereocenters. The van der Waals surface area contributed by atoms with Gasteiger partial charge >= 0.3 is 0 Å². The predicted molar refractivity (Wildman–Crippen MR) is 23.0 cm³/mol. The van der Waals surface area contributed by atoms with Gasteiger partial charge in [0.15, 0.2) is 7.28 Å². The third-order valence-electron chi connectivity index (χ3n) is 0.332. The van der Waals surface area contributed by atoms with Crippen LogP contribution in [0.25, 0.3) is 0 Å². The van der Waals surface area contributed by atoms with E-state index >= 15 is 0 Å². The van der Waals surface area contributed by atoms with Gasteiger partial charge in [-0.15, -0.1) is 0 Å². The zero-order chi connectivity index (χ0) is 4.12. The van der Waals surface area contributed by atoms with Crippen molar-refractivity contribution in [2.75, 3.05) is 0 Å². The maximum absolute atomic E-state index is 9.35. The molecule has 0 aromatic rings. The van der Waals surface area contributed by atoms with Crippen molar-refractivity contribution in [2.45, 2.75) is 13.2 Å². The summed E-state index contributed by atoms with van der Waals surface area (Å²) in [5, 5.41) is 0. The molecule has 2 heteroatoms. The molecule has 5 heavy (non-hydrogen) atoms. The second kappa shape index (κ2) is 3.73. The molecule has 0 amide bonds. The van der Waals surface area contributed by atoms with E-state index in [2.05, 4.69) is 0 Å². The van der Waals surface area contributed by atoms with Crippen molar-refractivity contribution in [3.8, 4) is 0 Å². The lowest BCUT2D eigenvalue weighted by Crippen LogP contribution is -1.83. The lowest BCUT2D eigenvalue weighted by molar-refractivity contribution is 0.568. The van der Waals surface area contributed by atoms with Crippen molar-refractivity contribution >= 4 is 13.5 Å². The van der Waals surface area contributed by atoms with E-state index in [1.807, 2.05) is 6.92 Å². The van der Waals surface area contributed by atoms with E-state index in [1.165, 1.54) is 0 Å². The first-order valence-corrected chi connectivity index (χ1v) is 1.68. The van der Waals surface area contributed by atoms with Gasteiger partial charge in [0.05, 0.1) is 6.19 Å². The zero-order valence-corrected chi connectivity index (χ0v) is 3.27. The maximum atomic E-state index is 9.35. The molecule has 1 nitrogen and oxygen atoms in total. The second-order valence-corrected chi connectivity index (χ2v) is 0.780. The number of carbonyl (C=O) groups is 1. The minimum absolute atomic E-state index is 0.806. The molecular weight excluding hydrogens is 62.8 g/mol. The Bertz CT molecular complexity index is 28.1. The number of hydrogen-bond acceptors (Lipinski definition) is 1. The summed E-state index contributed by atoms with van der Waals surface area (Å²) in [6, 6.07) is 0. The number of hydrogen-bond donors (Lipinski definition) is 0. The largest absolute Gasteiger partial charge is 0.316 e. The Morgan fingerprint density at radius 2 is 2.60 bits per heavy atom. The van der Waals surface area contributed by atoms with Crippen LogP contribution >= 0.6 is 0 Å². The van der Waals surface area contributed by atoms with Crippen LogP contribution in [0.2, 0.25) is 6.32 Å². The van der Waals surface area contributed by atoms with Crippen LogP contribution in [0.3, 0.4) is 0 Å². The highest BCUT2D eigenvalue weighted by Crippen LogP contribution is 1.62. The molecule has 1 radical (unpaired) electrons. The Hall–Kier alpha value is -0.265. The number of carbonyl (C=O) groups excluding carboxylic acids is 1. The molecule has 0 saturated carbocycles. The molecule has 0 fully saturated rings. The molecule has 0 heterocycles. The minimum atomic E-state index is 0.806. The summed E-state index contributed by atoms with van der Waals surface area (Å²) in [7, 11) is 1.57. The van der Waals surface area contributed by atoms with E-state index in [4.69, 9.17) is 0 Å². The summed E-state index contributed by atoms with van der Waals surface area (Å²) in [4.78, 5) is 9.35. The first kappa shape index (κ1) is 4.73. The van der Waals surface area contributed by atoms with E-state index in [-0.39, 0.29) is 0 Å². The van der Waals surface area contributed by atoms with Gasteiger partial charge in [-0.25, -0.2) is 0 Å². The van der Waals surface area contributed by atoms with Crippen LogP contribution in [0.15, 0.2) is 0 Å². The molecule has 0 spiro atoms. The summed E-state index contributed by atoms with van der Waals surface area (Å²) in [6.07, 6.45) is 1.66. The molecule has 0 aliphatic carbocycles. The summed E-state index contributed by atoms with van der Waals surface area (Å²) in [5.41, 5.74) is 0. The second-order valence-electron chi connectivity index (χ2n) is 0.780. The topological polar surface area (TPSA) is 17.1 Å². The Balaban J connectivity index is 2.40. The quantitative estimate of drug-likeness (QED) is 0.337. The molecular formula is C3H6BO. The third-order valence-corrected chi connectivity index (χ3v) is 0.332. The van der Waals surface area contributed by atoms with E-state index in [9.17, 15) is 4.79 Å². The molecule has 0 rings (SSSR count). The van der Waals surface area contributed by atoms with Crippen molar-refractivity contribution in [1.82, 2.24) is 0 Å². The third kappa shape index (κ3) is 3.73. The first-order chi connectivity index (χ1) is 2.41. The highest BCUT2D eigenvalue weighted by atomic mass is 16.1. The van der Waals surface area contributed by atoms with Gasteiger partial charge < -0.3 is 4.79 Å². The van der Waals surface area contributed by atoms with E-state index in [0.29, 0.717) is 0 Å². The Morgan fingerprint density at radius 1 is 2.00 bits per heavy atom. The zero-order valence-electron chi connectivity index (χ0n) is 3.27. The van der Waals surface area contributed by atoms with E-state index in [0.717, 1.165) is 12.5 Å². The van der Waals surface area contributed by atoms with Gasteiger partial charge in [-0.3, -0.25) is 0 Å². The average Bonchev–Trinajstić information content (AvgIpc) is 1.41. The van der Waals surface area contributed by atoms with Gasteiger partial charge in [-0.1, -0.05) is 13.2 Å². The molecule has 27 valence electrons. The van der Waals surface area contributed by atoms with Crippen LogP contribution in [0.5, 0.6) is 0 Å². The lowest BCUT2D eigenvalue weighted by Gasteiger charge is -1.64. The molecule has 0 bridgehead atoms. The number of rotatable bonds is 2. The highest BCUT2D eigenvalue weighted by Gasteiger charge is 1.72. The van der Waals surface area contributed by atoms with Crippen LogP contribution < -0.4 is 0 Å². The maximum Gasteiger partial charge on any atom is 0.197 e. The fourth-order valence-electron chi connectivity index (χ4n) is 0.0962. The van der Waals surface area contributed by atoms with Crippen LogP contribution in [0.1, 0.15) is 6.92 Å². The SMILES string of the molecule is CC[B]C=O. The summed E-state index contributed by atoms with van der Waals surface area (Å²) < 4.78 is 0. The monoisotopic (exact) mass is 69.1 g/mol. The van der Waals surface area contributed by atoms with Crippen molar-refractivity contribution in [1.29, 1.82) is 0 Å². The van der Waals surface area contributed by atoms with Crippen molar-refractivity contribution in [3.63, 3.8) is 0 Å². The molecule has 0 aromatic heterocycles. The van der Waals surface area contributed by atoms with Crippen LogP contribution in [0.4, 0.5) is 0 Å². The van der Waals surface area contributed by atoms with E-state index < -0.39 is 0 Å². The van der Waals surface area contributed by atoms with Crippen LogP contribution in [-0.4, -0.2) is 13.5 Å². The standard InChI is InChI=1S/C3H6BO/c1-2-4-3-5/h3H,2H2,1H3. The minimum Gasteiger partial charge on any atom is -0.316 e. The van der Waals surface area contributed by atoms with Gasteiger partial charge in [-0.2, -0.15) is 0 Å². The lowest BCUT2D eigenvalue weighted by atomic mass is 9.78. The van der Waals surface area contributed by atoms with Crippen molar-refractivity contribution in [2.24, 2.45) is 0 Å². The molecule has 0 unspecified atom stereocenters. The molecule has 0 aliphatic rings. The normalized spacial score (nSPS) is 6.60. The molecule has 0 aromatic carbocycles. The fourth-order valence-corrected chi connectivity index (χ4v) is 0.0962. The smallest absolute Gasteiger partial charge is 0.197 e. The van der Waals surface area contributed by atoms with Crippen molar-refractivity contribution < 1.29 is 4.79 Å². The summed E-state index contributed by atoms with van der Waals surface area (Å²) in [5.74, 6) is 0. The van der Waals surface area contributed by atoms with Gasteiger partial charge in [-0.05, 0) is 0 Å². The van der Waals surface area contributed by atoms with Crippen LogP contribution in [-0.2, 0) is 4.79 Å². The first-order valence-electron chi connectivity index (χ1n) is 1.68.